The van der Waals surface area contributed by atoms with Crippen LogP contribution in [0.15, 0.2) is 42.5 Å². The minimum atomic E-state index is 0.0725. The van der Waals surface area contributed by atoms with Crippen LogP contribution >= 0.6 is 0 Å². The molecule has 0 spiro atoms. The molecule has 0 bridgehead atoms. The molecule has 2 aromatic rings. The highest BCUT2D eigenvalue weighted by Gasteiger charge is 2.08. The van der Waals surface area contributed by atoms with E-state index in [4.69, 9.17) is 5.73 Å². The zero-order valence-electron chi connectivity index (χ0n) is 10.9. The minimum absolute atomic E-state index is 0.0725. The molecule has 0 radical (unpaired) electrons. The molecule has 18 heavy (non-hydrogen) atoms. The van der Waals surface area contributed by atoms with Gasteiger partial charge in [0.1, 0.15) is 5.82 Å². The molecular formula is C15H19N3. The average Bonchev–Trinajstić information content (AvgIpc) is 2.39. The van der Waals surface area contributed by atoms with Crippen molar-refractivity contribution in [1.29, 1.82) is 0 Å². The van der Waals surface area contributed by atoms with Gasteiger partial charge in [-0.3, -0.25) is 0 Å². The van der Waals surface area contributed by atoms with E-state index < -0.39 is 0 Å². The van der Waals surface area contributed by atoms with Crippen LogP contribution in [0.1, 0.15) is 30.6 Å². The largest absolute Gasteiger partial charge is 0.340 e. The number of anilines is 2. The Hall–Kier alpha value is -1.87. The molecular weight excluding hydrogens is 222 g/mol. The third-order valence-electron chi connectivity index (χ3n) is 3.01. The van der Waals surface area contributed by atoms with Gasteiger partial charge in [-0.25, -0.2) is 4.98 Å². The van der Waals surface area contributed by atoms with Crippen molar-refractivity contribution in [2.24, 2.45) is 5.73 Å². The molecule has 1 heterocycles. The second kappa shape index (κ2) is 5.65. The SMILES string of the molecule is CC[C@@H](N)c1ccc(Nc2ccccc2)nc1C. The van der Waals surface area contributed by atoms with E-state index in [1.165, 1.54) is 0 Å². The van der Waals surface area contributed by atoms with E-state index in [2.05, 4.69) is 23.3 Å². The van der Waals surface area contributed by atoms with Gasteiger partial charge in [-0.1, -0.05) is 31.2 Å². The Morgan fingerprint density at radius 1 is 1.17 bits per heavy atom. The lowest BCUT2D eigenvalue weighted by Crippen LogP contribution is -2.11. The summed E-state index contributed by atoms with van der Waals surface area (Å²) in [5, 5.41) is 3.28. The predicted octanol–water partition coefficient (Wildman–Crippen LogP) is 3.54. The third kappa shape index (κ3) is 2.87. The van der Waals surface area contributed by atoms with Gasteiger partial charge in [0.15, 0.2) is 0 Å². The maximum Gasteiger partial charge on any atom is 0.130 e. The monoisotopic (exact) mass is 241 g/mol. The number of benzene rings is 1. The third-order valence-corrected chi connectivity index (χ3v) is 3.01. The van der Waals surface area contributed by atoms with Crippen molar-refractivity contribution in [2.45, 2.75) is 26.3 Å². The summed E-state index contributed by atoms with van der Waals surface area (Å²) in [5.74, 6) is 0.853. The van der Waals surface area contributed by atoms with Gasteiger partial charge in [0, 0.05) is 17.4 Å². The number of rotatable bonds is 4. The summed E-state index contributed by atoms with van der Waals surface area (Å²) < 4.78 is 0. The molecule has 0 aliphatic heterocycles. The molecule has 0 saturated heterocycles. The maximum absolute atomic E-state index is 6.04. The summed E-state index contributed by atoms with van der Waals surface area (Å²) >= 11 is 0. The second-order valence-electron chi connectivity index (χ2n) is 4.38. The van der Waals surface area contributed by atoms with Crippen LogP contribution in [0.2, 0.25) is 0 Å². The Labute approximate surface area is 108 Å². The van der Waals surface area contributed by atoms with Crippen molar-refractivity contribution in [1.82, 2.24) is 4.98 Å². The molecule has 3 heteroatoms. The molecule has 0 unspecified atom stereocenters. The zero-order valence-corrected chi connectivity index (χ0v) is 10.9. The molecule has 94 valence electrons. The molecule has 0 amide bonds. The van der Waals surface area contributed by atoms with Crippen LogP contribution in [0, 0.1) is 6.92 Å². The van der Waals surface area contributed by atoms with Crippen molar-refractivity contribution in [2.75, 3.05) is 5.32 Å². The van der Waals surface area contributed by atoms with Crippen molar-refractivity contribution in [3.63, 3.8) is 0 Å². The first kappa shape index (κ1) is 12.6. The quantitative estimate of drug-likeness (QED) is 0.860. The maximum atomic E-state index is 6.04. The molecule has 3 nitrogen and oxygen atoms in total. The number of hydrogen-bond donors (Lipinski definition) is 2. The van der Waals surface area contributed by atoms with Gasteiger partial charge in [-0.2, -0.15) is 0 Å². The predicted molar refractivity (Wildman–Crippen MR) is 75.9 cm³/mol. The standard InChI is InChI=1S/C15H19N3/c1-3-14(16)13-9-10-15(17-11(13)2)18-12-7-5-4-6-8-12/h4-10,14H,3,16H2,1-2H3,(H,17,18)/t14-/m1/s1. The normalized spacial score (nSPS) is 12.2. The molecule has 1 atom stereocenters. The van der Waals surface area contributed by atoms with E-state index in [9.17, 15) is 0 Å². The molecule has 1 aromatic heterocycles. The van der Waals surface area contributed by atoms with E-state index in [0.29, 0.717) is 0 Å². The number of hydrogen-bond acceptors (Lipinski definition) is 3. The fourth-order valence-electron chi connectivity index (χ4n) is 1.92. The minimum Gasteiger partial charge on any atom is -0.340 e. The molecule has 0 aliphatic rings. The Morgan fingerprint density at radius 2 is 1.89 bits per heavy atom. The number of pyridine rings is 1. The van der Waals surface area contributed by atoms with Crippen molar-refractivity contribution in [3.8, 4) is 0 Å². The van der Waals surface area contributed by atoms with E-state index in [1.807, 2.05) is 43.3 Å². The van der Waals surface area contributed by atoms with Crippen LogP contribution in [0.4, 0.5) is 11.5 Å². The summed E-state index contributed by atoms with van der Waals surface area (Å²) in [5.41, 5.74) is 9.19. The first-order valence-electron chi connectivity index (χ1n) is 6.26. The molecule has 0 fully saturated rings. The van der Waals surface area contributed by atoms with Gasteiger partial charge in [-0.05, 0) is 37.1 Å². The first-order valence-corrected chi connectivity index (χ1v) is 6.26. The summed E-state index contributed by atoms with van der Waals surface area (Å²) in [6.45, 7) is 4.08. The number of aryl methyl sites for hydroxylation is 1. The lowest BCUT2D eigenvalue weighted by Gasteiger charge is -2.13. The Bertz CT molecular complexity index is 508. The van der Waals surface area contributed by atoms with E-state index in [-0.39, 0.29) is 6.04 Å². The molecule has 0 aliphatic carbocycles. The van der Waals surface area contributed by atoms with Crippen LogP contribution in [-0.4, -0.2) is 4.98 Å². The number of nitrogens with zero attached hydrogens (tertiary/aromatic N) is 1. The molecule has 0 saturated carbocycles. The Morgan fingerprint density at radius 3 is 2.50 bits per heavy atom. The van der Waals surface area contributed by atoms with E-state index in [0.717, 1.165) is 29.2 Å². The van der Waals surface area contributed by atoms with Gasteiger partial charge in [-0.15, -0.1) is 0 Å². The second-order valence-corrected chi connectivity index (χ2v) is 4.38. The zero-order chi connectivity index (χ0) is 13.0. The first-order chi connectivity index (χ1) is 8.70. The van der Waals surface area contributed by atoms with Gasteiger partial charge >= 0.3 is 0 Å². The van der Waals surface area contributed by atoms with Crippen LogP contribution < -0.4 is 11.1 Å². The van der Waals surface area contributed by atoms with Gasteiger partial charge in [0.2, 0.25) is 0 Å². The fraction of sp³-hybridized carbons (Fsp3) is 0.267. The van der Waals surface area contributed by atoms with Crippen molar-refractivity contribution in [3.05, 3.63) is 53.7 Å². The lowest BCUT2D eigenvalue weighted by molar-refractivity contribution is 0.689. The van der Waals surface area contributed by atoms with Crippen molar-refractivity contribution < 1.29 is 0 Å². The van der Waals surface area contributed by atoms with E-state index >= 15 is 0 Å². The number of aromatic nitrogens is 1. The number of nitrogens with two attached hydrogens (primary N) is 1. The summed E-state index contributed by atoms with van der Waals surface area (Å²) in [4.78, 5) is 4.55. The summed E-state index contributed by atoms with van der Waals surface area (Å²) in [7, 11) is 0. The smallest absolute Gasteiger partial charge is 0.130 e. The van der Waals surface area contributed by atoms with Crippen LogP contribution in [-0.2, 0) is 0 Å². The van der Waals surface area contributed by atoms with Gasteiger partial charge < -0.3 is 11.1 Å². The summed E-state index contributed by atoms with van der Waals surface area (Å²) in [6, 6.07) is 14.1. The van der Waals surface area contributed by atoms with E-state index in [1.54, 1.807) is 0 Å². The van der Waals surface area contributed by atoms with Gasteiger partial charge in [0.05, 0.1) is 0 Å². The number of para-hydroxylation sites is 1. The van der Waals surface area contributed by atoms with Crippen molar-refractivity contribution >= 4 is 11.5 Å². The fourth-order valence-corrected chi connectivity index (χ4v) is 1.92. The lowest BCUT2D eigenvalue weighted by atomic mass is 10.0. The molecule has 3 N–H and O–H groups in total. The summed E-state index contributed by atoms with van der Waals surface area (Å²) in [6.07, 6.45) is 0.925. The average molecular weight is 241 g/mol. The van der Waals surface area contributed by atoms with Crippen LogP contribution in [0.25, 0.3) is 0 Å². The highest BCUT2D eigenvalue weighted by molar-refractivity contribution is 5.56. The Kier molecular flexibility index (Phi) is 3.95. The number of nitrogens with one attached hydrogen (secondary N) is 1. The molecule has 2 rings (SSSR count). The van der Waals surface area contributed by atoms with Crippen LogP contribution in [0.5, 0.6) is 0 Å². The van der Waals surface area contributed by atoms with Crippen LogP contribution in [0.3, 0.4) is 0 Å². The topological polar surface area (TPSA) is 50.9 Å². The van der Waals surface area contributed by atoms with Gasteiger partial charge in [0.25, 0.3) is 0 Å². The highest BCUT2D eigenvalue weighted by Crippen LogP contribution is 2.20. The highest BCUT2D eigenvalue weighted by atomic mass is 15.0. The molecule has 1 aromatic carbocycles. The Balaban J connectivity index is 2.19.